The number of alkyl halides is 3. The molecule has 0 aliphatic carbocycles. The van der Waals surface area contributed by atoms with Crippen molar-refractivity contribution in [3.8, 4) is 11.3 Å². The first-order valence-corrected chi connectivity index (χ1v) is 11.2. The molecule has 35 heavy (non-hydrogen) atoms. The predicted molar refractivity (Wildman–Crippen MR) is 126 cm³/mol. The summed E-state index contributed by atoms with van der Waals surface area (Å²) in [4.78, 5) is 19.6. The Morgan fingerprint density at radius 3 is 2.49 bits per heavy atom. The smallest absolute Gasteiger partial charge is 0.334 e. The summed E-state index contributed by atoms with van der Waals surface area (Å²) in [7, 11) is 0. The lowest BCUT2D eigenvalue weighted by Crippen LogP contribution is -2.36. The van der Waals surface area contributed by atoms with Crippen LogP contribution in [0.15, 0.2) is 79.0 Å². The predicted octanol–water partition coefficient (Wildman–Crippen LogP) is 5.77. The molecule has 0 spiro atoms. The maximum Gasteiger partial charge on any atom is 0.433 e. The third kappa shape index (κ3) is 3.62. The van der Waals surface area contributed by atoms with Gasteiger partial charge in [0, 0.05) is 18.7 Å². The van der Waals surface area contributed by atoms with Crippen LogP contribution in [0.1, 0.15) is 27.2 Å². The minimum absolute atomic E-state index is 0.0527. The summed E-state index contributed by atoms with van der Waals surface area (Å²) in [5, 5.41) is 5.59. The fraction of sp³-hybridized carbons (Fsp3) is 0.148. The summed E-state index contributed by atoms with van der Waals surface area (Å²) in [5.41, 5.74) is 1.87. The van der Waals surface area contributed by atoms with E-state index in [4.69, 9.17) is 0 Å². The molecule has 0 unspecified atom stereocenters. The average Bonchev–Trinajstić information content (AvgIpc) is 3.30. The molecule has 6 rings (SSSR count). The van der Waals surface area contributed by atoms with Crippen molar-refractivity contribution < 1.29 is 18.0 Å². The molecule has 8 heteroatoms. The van der Waals surface area contributed by atoms with Gasteiger partial charge in [-0.2, -0.15) is 18.3 Å². The zero-order chi connectivity index (χ0) is 24.2. The van der Waals surface area contributed by atoms with Crippen molar-refractivity contribution >= 4 is 22.3 Å². The lowest BCUT2D eigenvalue weighted by atomic mass is 9.99. The number of fused-ring (bicyclic) bond motifs is 3. The van der Waals surface area contributed by atoms with Crippen LogP contribution in [-0.4, -0.2) is 31.9 Å². The van der Waals surface area contributed by atoms with E-state index >= 15 is 0 Å². The molecule has 5 aromatic rings. The van der Waals surface area contributed by atoms with Gasteiger partial charge in [0.2, 0.25) is 0 Å². The molecule has 2 aromatic heterocycles. The molecule has 1 aliphatic heterocycles. The van der Waals surface area contributed by atoms with E-state index in [-0.39, 0.29) is 22.8 Å². The second-order valence-corrected chi connectivity index (χ2v) is 8.59. The van der Waals surface area contributed by atoms with Gasteiger partial charge in [0.25, 0.3) is 5.91 Å². The van der Waals surface area contributed by atoms with Crippen molar-refractivity contribution in [2.75, 3.05) is 6.54 Å². The second kappa shape index (κ2) is 7.94. The molecule has 0 atom stereocenters. The summed E-state index contributed by atoms with van der Waals surface area (Å²) in [6.45, 7) is 0.865. The largest absolute Gasteiger partial charge is 0.433 e. The van der Waals surface area contributed by atoms with Crippen molar-refractivity contribution in [1.82, 2.24) is 19.5 Å². The van der Waals surface area contributed by atoms with Crippen molar-refractivity contribution in [1.29, 1.82) is 0 Å². The van der Waals surface area contributed by atoms with E-state index in [1.807, 2.05) is 54.6 Å². The van der Waals surface area contributed by atoms with Crippen molar-refractivity contribution in [2.24, 2.45) is 0 Å². The van der Waals surface area contributed by atoms with Crippen LogP contribution >= 0.6 is 0 Å². The number of carbonyl (C=O) groups is 1. The number of hydrogen-bond donors (Lipinski definition) is 0. The van der Waals surface area contributed by atoms with Gasteiger partial charge in [0.1, 0.15) is 5.56 Å². The lowest BCUT2D eigenvalue weighted by molar-refractivity contribution is -0.142. The van der Waals surface area contributed by atoms with Crippen molar-refractivity contribution in [2.45, 2.75) is 19.1 Å². The first-order chi connectivity index (χ1) is 16.9. The fourth-order valence-electron chi connectivity index (χ4n) is 4.74. The Kier molecular flexibility index (Phi) is 4.84. The summed E-state index contributed by atoms with van der Waals surface area (Å²) in [6, 6.07) is 21.7. The molecule has 0 fully saturated rings. The summed E-state index contributed by atoms with van der Waals surface area (Å²) < 4.78 is 42.9. The standard InChI is InChI=1S/C27H19F3N4O/c28-27(29,30)24-14-23(21-11-5-9-18-7-3-4-10-20(18)21)32-25-22(15-31-34(24)25)26(35)33-13-12-17-6-1-2-8-19(17)16-33/h1-11,14-15H,12-13,16H2. The number of carbonyl (C=O) groups excluding carboxylic acids is 1. The maximum atomic E-state index is 14.1. The Hall–Kier alpha value is -4.20. The fourth-order valence-corrected chi connectivity index (χ4v) is 4.74. The molecule has 1 aliphatic rings. The number of amides is 1. The van der Waals surface area contributed by atoms with Crippen molar-refractivity contribution in [3.63, 3.8) is 0 Å². The van der Waals surface area contributed by atoms with Gasteiger partial charge in [-0.05, 0) is 34.4 Å². The van der Waals surface area contributed by atoms with Gasteiger partial charge < -0.3 is 4.90 Å². The van der Waals surface area contributed by atoms with Crippen molar-refractivity contribution in [3.05, 3.63) is 101 Å². The van der Waals surface area contributed by atoms with Gasteiger partial charge in [0.05, 0.1) is 11.9 Å². The molecule has 1 amide bonds. The second-order valence-electron chi connectivity index (χ2n) is 8.59. The van der Waals surface area contributed by atoms with Gasteiger partial charge in [-0.15, -0.1) is 0 Å². The highest BCUT2D eigenvalue weighted by Crippen LogP contribution is 2.35. The average molecular weight is 472 g/mol. The molecule has 3 heterocycles. The van der Waals surface area contributed by atoms with Gasteiger partial charge in [-0.3, -0.25) is 4.79 Å². The topological polar surface area (TPSA) is 50.5 Å². The van der Waals surface area contributed by atoms with Gasteiger partial charge in [-0.25, -0.2) is 9.50 Å². The van der Waals surface area contributed by atoms with Crippen LogP contribution in [0.5, 0.6) is 0 Å². The van der Waals surface area contributed by atoms with Gasteiger partial charge >= 0.3 is 6.18 Å². The molecule has 5 nitrogen and oxygen atoms in total. The van der Waals surface area contributed by atoms with E-state index in [1.165, 1.54) is 11.8 Å². The molecule has 0 N–H and O–H groups in total. The third-order valence-electron chi connectivity index (χ3n) is 6.48. The van der Waals surface area contributed by atoms with Crippen LogP contribution in [0.3, 0.4) is 0 Å². The maximum absolute atomic E-state index is 14.1. The number of nitrogens with zero attached hydrogens (tertiary/aromatic N) is 4. The SMILES string of the molecule is O=C(c1cnn2c(C(F)(F)F)cc(-c3cccc4ccccc34)nc12)N1CCc2ccccc2C1. The van der Waals surface area contributed by atoms with E-state index < -0.39 is 11.9 Å². The van der Waals surface area contributed by atoms with E-state index in [0.29, 0.717) is 25.1 Å². The zero-order valence-electron chi connectivity index (χ0n) is 18.5. The summed E-state index contributed by atoms with van der Waals surface area (Å²) >= 11 is 0. The van der Waals surface area contributed by atoms with Crippen LogP contribution in [0, 0.1) is 0 Å². The van der Waals surface area contributed by atoms with Gasteiger partial charge in [0.15, 0.2) is 11.3 Å². The van der Waals surface area contributed by atoms with Crippen LogP contribution in [0.25, 0.3) is 27.7 Å². The first-order valence-electron chi connectivity index (χ1n) is 11.2. The lowest BCUT2D eigenvalue weighted by Gasteiger charge is -2.28. The monoisotopic (exact) mass is 472 g/mol. The highest BCUT2D eigenvalue weighted by atomic mass is 19.4. The molecule has 0 radical (unpaired) electrons. The molecule has 0 saturated heterocycles. The van der Waals surface area contributed by atoms with E-state index in [9.17, 15) is 18.0 Å². The summed E-state index contributed by atoms with van der Waals surface area (Å²) in [5.74, 6) is -0.384. The van der Waals surface area contributed by atoms with Crippen LogP contribution in [-0.2, 0) is 19.1 Å². The number of hydrogen-bond acceptors (Lipinski definition) is 3. The van der Waals surface area contributed by atoms with E-state index in [2.05, 4.69) is 10.1 Å². The van der Waals surface area contributed by atoms with Crippen LogP contribution < -0.4 is 0 Å². The van der Waals surface area contributed by atoms with Gasteiger partial charge in [-0.1, -0.05) is 66.7 Å². The molecular formula is C27H19F3N4O. The zero-order valence-corrected chi connectivity index (χ0v) is 18.5. The van der Waals surface area contributed by atoms with Crippen LogP contribution in [0.4, 0.5) is 13.2 Å². The number of halogens is 3. The Balaban J connectivity index is 1.50. The molecule has 174 valence electrons. The highest BCUT2D eigenvalue weighted by Gasteiger charge is 2.36. The number of aromatic nitrogens is 3. The third-order valence-corrected chi connectivity index (χ3v) is 6.48. The minimum Gasteiger partial charge on any atom is -0.334 e. The number of rotatable bonds is 2. The van der Waals surface area contributed by atoms with E-state index in [1.54, 1.807) is 17.0 Å². The number of benzene rings is 3. The highest BCUT2D eigenvalue weighted by molar-refractivity contribution is 6.01. The summed E-state index contributed by atoms with van der Waals surface area (Å²) in [6.07, 6.45) is -2.81. The van der Waals surface area contributed by atoms with E-state index in [0.717, 1.165) is 26.9 Å². The molecule has 3 aromatic carbocycles. The first kappa shape index (κ1) is 21.3. The van der Waals surface area contributed by atoms with Crippen LogP contribution in [0.2, 0.25) is 0 Å². The Morgan fingerprint density at radius 1 is 0.914 bits per heavy atom. The molecular weight excluding hydrogens is 453 g/mol. The Morgan fingerprint density at radius 2 is 1.66 bits per heavy atom. The normalized spacial score (nSPS) is 13.9. The Bertz CT molecular complexity index is 1600. The molecule has 0 bridgehead atoms. The Labute approximate surface area is 198 Å². The quantitative estimate of drug-likeness (QED) is 0.328. The molecule has 0 saturated carbocycles. The minimum atomic E-state index is -4.68.